The number of fused-ring (bicyclic) bond motifs is 3. The van der Waals surface area contributed by atoms with Crippen molar-refractivity contribution in [2.75, 3.05) is 18.0 Å². The summed E-state index contributed by atoms with van der Waals surface area (Å²) in [7, 11) is 0. The van der Waals surface area contributed by atoms with Crippen molar-refractivity contribution in [2.45, 2.75) is 25.3 Å². The molecule has 0 amide bonds. The van der Waals surface area contributed by atoms with Gasteiger partial charge >= 0.3 is 0 Å². The van der Waals surface area contributed by atoms with E-state index in [1.165, 1.54) is 37.1 Å². The molecule has 0 aliphatic carbocycles. The smallest absolute Gasteiger partial charge is 0.0401 e. The van der Waals surface area contributed by atoms with Crippen molar-refractivity contribution in [1.29, 1.82) is 0 Å². The molecule has 1 fully saturated rings. The first kappa shape index (κ1) is 9.22. The summed E-state index contributed by atoms with van der Waals surface area (Å²) < 4.78 is 0. The first-order valence-electron chi connectivity index (χ1n) is 5.95. The number of benzene rings is 1. The average molecular weight is 202 g/mol. The van der Waals surface area contributed by atoms with Crippen LogP contribution in [0.15, 0.2) is 24.3 Å². The fraction of sp³-hybridized carbons (Fsp3) is 0.538. The molecule has 80 valence electrons. The predicted octanol–water partition coefficient (Wildman–Crippen LogP) is 1.79. The quantitative estimate of drug-likeness (QED) is 0.752. The van der Waals surface area contributed by atoms with E-state index in [1.807, 2.05) is 0 Å². The largest absolute Gasteiger partial charge is 0.368 e. The summed E-state index contributed by atoms with van der Waals surface area (Å²) >= 11 is 0. The van der Waals surface area contributed by atoms with E-state index in [0.29, 0.717) is 6.04 Å². The molecule has 2 heterocycles. The second-order valence-corrected chi connectivity index (χ2v) is 4.71. The second-order valence-electron chi connectivity index (χ2n) is 4.71. The van der Waals surface area contributed by atoms with Gasteiger partial charge in [0.1, 0.15) is 0 Å². The summed E-state index contributed by atoms with van der Waals surface area (Å²) in [5.74, 6) is 0.721. The minimum Gasteiger partial charge on any atom is -0.368 e. The first-order valence-corrected chi connectivity index (χ1v) is 5.95. The van der Waals surface area contributed by atoms with Crippen LogP contribution in [0.3, 0.4) is 0 Å². The number of rotatable bonds is 1. The molecule has 2 atom stereocenters. The van der Waals surface area contributed by atoms with Crippen molar-refractivity contribution in [3.8, 4) is 0 Å². The van der Waals surface area contributed by atoms with E-state index in [0.717, 1.165) is 12.5 Å². The fourth-order valence-electron chi connectivity index (χ4n) is 3.19. The monoisotopic (exact) mass is 202 g/mol. The van der Waals surface area contributed by atoms with Crippen molar-refractivity contribution >= 4 is 5.69 Å². The van der Waals surface area contributed by atoms with E-state index in [1.54, 1.807) is 0 Å². The lowest BCUT2D eigenvalue weighted by Crippen LogP contribution is -2.38. The van der Waals surface area contributed by atoms with E-state index in [9.17, 15) is 0 Å². The van der Waals surface area contributed by atoms with Crippen LogP contribution in [0, 0.1) is 5.92 Å². The maximum Gasteiger partial charge on any atom is 0.0401 e. The lowest BCUT2D eigenvalue weighted by Gasteiger charge is -2.35. The highest BCUT2D eigenvalue weighted by Crippen LogP contribution is 2.38. The minimum absolute atomic E-state index is 0.713. The maximum atomic E-state index is 5.83. The van der Waals surface area contributed by atoms with Crippen LogP contribution in [-0.4, -0.2) is 19.1 Å². The molecular weight excluding hydrogens is 184 g/mol. The summed E-state index contributed by atoms with van der Waals surface area (Å²) in [6, 6.07) is 9.54. The van der Waals surface area contributed by atoms with Gasteiger partial charge < -0.3 is 10.6 Å². The molecule has 2 aliphatic rings. The summed E-state index contributed by atoms with van der Waals surface area (Å²) in [5.41, 5.74) is 8.82. The predicted molar refractivity (Wildman–Crippen MR) is 63.1 cm³/mol. The number of hydrogen-bond acceptors (Lipinski definition) is 2. The van der Waals surface area contributed by atoms with Gasteiger partial charge in [0.05, 0.1) is 0 Å². The second kappa shape index (κ2) is 3.53. The molecule has 0 spiro atoms. The molecule has 0 saturated carbocycles. The Morgan fingerprint density at radius 3 is 3.00 bits per heavy atom. The Kier molecular flexibility index (Phi) is 2.17. The van der Waals surface area contributed by atoms with Gasteiger partial charge in [-0.15, -0.1) is 0 Å². The van der Waals surface area contributed by atoms with Gasteiger partial charge in [0.15, 0.2) is 0 Å². The molecule has 3 rings (SSSR count). The lowest BCUT2D eigenvalue weighted by atomic mass is 9.90. The molecule has 15 heavy (non-hydrogen) atoms. The molecule has 2 aliphatic heterocycles. The van der Waals surface area contributed by atoms with E-state index in [2.05, 4.69) is 29.2 Å². The highest BCUT2D eigenvalue weighted by Gasteiger charge is 2.36. The first-order chi connectivity index (χ1) is 7.40. The van der Waals surface area contributed by atoms with Crippen LogP contribution in [0.4, 0.5) is 5.69 Å². The third kappa shape index (κ3) is 1.36. The van der Waals surface area contributed by atoms with E-state index in [-0.39, 0.29) is 0 Å². The number of hydrogen-bond donors (Lipinski definition) is 1. The van der Waals surface area contributed by atoms with E-state index < -0.39 is 0 Å². The van der Waals surface area contributed by atoms with Gasteiger partial charge in [0.2, 0.25) is 0 Å². The Hall–Kier alpha value is -1.02. The van der Waals surface area contributed by atoms with Crippen molar-refractivity contribution in [3.05, 3.63) is 29.8 Å². The standard InChI is InChI=1S/C13H18N2/c14-9-11-7-8-15-12-4-2-1-3-10(12)5-6-13(11)15/h1-4,11,13H,5-9,14H2. The van der Waals surface area contributed by atoms with Gasteiger partial charge in [-0.25, -0.2) is 0 Å². The number of aryl methyl sites for hydroxylation is 1. The molecule has 1 aromatic rings. The lowest BCUT2D eigenvalue weighted by molar-refractivity contribution is 0.446. The van der Waals surface area contributed by atoms with Gasteiger partial charge in [-0.1, -0.05) is 18.2 Å². The summed E-state index contributed by atoms with van der Waals surface area (Å²) in [6.45, 7) is 2.05. The molecule has 1 saturated heterocycles. The van der Waals surface area contributed by atoms with Crippen molar-refractivity contribution in [1.82, 2.24) is 0 Å². The van der Waals surface area contributed by atoms with Crippen LogP contribution in [0.2, 0.25) is 0 Å². The third-order valence-electron chi connectivity index (χ3n) is 4.00. The highest BCUT2D eigenvalue weighted by molar-refractivity contribution is 5.57. The normalized spacial score (nSPS) is 28.7. The SMILES string of the molecule is NCC1CCN2c3ccccc3CCC12. The maximum absolute atomic E-state index is 5.83. The van der Waals surface area contributed by atoms with Crippen LogP contribution >= 0.6 is 0 Å². The summed E-state index contributed by atoms with van der Waals surface area (Å²) in [5, 5.41) is 0. The van der Waals surface area contributed by atoms with Gasteiger partial charge in [-0.2, -0.15) is 0 Å². The topological polar surface area (TPSA) is 29.3 Å². The number of nitrogens with two attached hydrogens (primary N) is 1. The Morgan fingerprint density at radius 2 is 2.13 bits per heavy atom. The van der Waals surface area contributed by atoms with Crippen molar-refractivity contribution in [2.24, 2.45) is 11.7 Å². The zero-order valence-electron chi connectivity index (χ0n) is 9.02. The van der Waals surface area contributed by atoms with Crippen LogP contribution in [-0.2, 0) is 6.42 Å². The van der Waals surface area contributed by atoms with Gasteiger partial charge in [-0.3, -0.25) is 0 Å². The fourth-order valence-corrected chi connectivity index (χ4v) is 3.19. The molecular formula is C13H18N2. The van der Waals surface area contributed by atoms with Crippen LogP contribution < -0.4 is 10.6 Å². The number of anilines is 1. The molecule has 0 radical (unpaired) electrons. The number of nitrogens with zero attached hydrogens (tertiary/aromatic N) is 1. The van der Waals surface area contributed by atoms with Crippen LogP contribution in [0.5, 0.6) is 0 Å². The van der Waals surface area contributed by atoms with E-state index >= 15 is 0 Å². The van der Waals surface area contributed by atoms with Gasteiger partial charge in [-0.05, 0) is 43.4 Å². The van der Waals surface area contributed by atoms with Gasteiger partial charge in [0.25, 0.3) is 0 Å². The average Bonchev–Trinajstić information content (AvgIpc) is 2.72. The Balaban J connectivity index is 1.96. The summed E-state index contributed by atoms with van der Waals surface area (Å²) in [6.07, 6.45) is 3.79. The molecule has 2 nitrogen and oxygen atoms in total. The number of para-hydroxylation sites is 1. The zero-order valence-corrected chi connectivity index (χ0v) is 9.02. The minimum atomic E-state index is 0.713. The molecule has 2 unspecified atom stereocenters. The molecule has 0 bridgehead atoms. The van der Waals surface area contributed by atoms with E-state index in [4.69, 9.17) is 5.73 Å². The Bertz CT molecular complexity index is 361. The van der Waals surface area contributed by atoms with Crippen molar-refractivity contribution < 1.29 is 0 Å². The van der Waals surface area contributed by atoms with Gasteiger partial charge in [0, 0.05) is 18.3 Å². The molecule has 0 aromatic heterocycles. The highest BCUT2D eigenvalue weighted by atomic mass is 15.2. The van der Waals surface area contributed by atoms with Crippen molar-refractivity contribution in [3.63, 3.8) is 0 Å². The Labute approximate surface area is 91.1 Å². The van der Waals surface area contributed by atoms with Crippen LogP contribution in [0.1, 0.15) is 18.4 Å². The molecule has 1 aromatic carbocycles. The summed E-state index contributed by atoms with van der Waals surface area (Å²) in [4.78, 5) is 2.58. The Morgan fingerprint density at radius 1 is 1.27 bits per heavy atom. The third-order valence-corrected chi connectivity index (χ3v) is 4.00. The zero-order chi connectivity index (χ0) is 10.3. The molecule has 2 N–H and O–H groups in total. The molecule has 2 heteroatoms. The van der Waals surface area contributed by atoms with Crippen LogP contribution in [0.25, 0.3) is 0 Å².